The van der Waals surface area contributed by atoms with Gasteiger partial charge in [-0.1, -0.05) is 24.8 Å². The van der Waals surface area contributed by atoms with Crippen LogP contribution in [0.15, 0.2) is 42.6 Å². The fraction of sp³-hybridized carbons (Fsp3) is 0.444. The van der Waals surface area contributed by atoms with Gasteiger partial charge in [-0.3, -0.25) is 0 Å². The predicted molar refractivity (Wildman–Crippen MR) is 87.2 cm³/mol. The second-order valence-electron chi connectivity index (χ2n) is 5.44. The van der Waals surface area contributed by atoms with Crippen LogP contribution in [-0.2, 0) is 0 Å². The van der Waals surface area contributed by atoms with Gasteiger partial charge in [-0.25, -0.2) is 0 Å². The summed E-state index contributed by atoms with van der Waals surface area (Å²) in [6.45, 7) is 9.09. The van der Waals surface area contributed by atoms with Crippen LogP contribution in [0, 0.1) is 5.92 Å². The largest absolute Gasteiger partial charge is 0.494 e. The molecule has 0 amide bonds. The van der Waals surface area contributed by atoms with Crippen molar-refractivity contribution < 1.29 is 9.84 Å². The molecule has 1 aromatic carbocycles. The van der Waals surface area contributed by atoms with Gasteiger partial charge in [0.1, 0.15) is 5.75 Å². The Balaban J connectivity index is 1.87. The zero-order valence-corrected chi connectivity index (χ0v) is 12.8. The van der Waals surface area contributed by atoms with Crippen LogP contribution in [0.4, 0.5) is 0 Å². The van der Waals surface area contributed by atoms with E-state index in [9.17, 15) is 0 Å². The van der Waals surface area contributed by atoms with E-state index >= 15 is 0 Å². The highest BCUT2D eigenvalue weighted by Crippen LogP contribution is 2.20. The van der Waals surface area contributed by atoms with E-state index in [0.29, 0.717) is 19.1 Å². The lowest BCUT2D eigenvalue weighted by atomic mass is 9.97. The first-order valence-electron chi connectivity index (χ1n) is 7.68. The van der Waals surface area contributed by atoms with Crippen LogP contribution < -0.4 is 4.74 Å². The van der Waals surface area contributed by atoms with E-state index in [1.807, 2.05) is 31.2 Å². The Hall–Kier alpha value is -1.74. The minimum atomic E-state index is 0.308. The Bertz CT molecular complexity index is 470. The number of hydrogen-bond acceptors (Lipinski definition) is 3. The Morgan fingerprint density at radius 3 is 2.57 bits per heavy atom. The standard InChI is InChI=1S/C18H25NO2/c1-3-21-18-8-6-16(7-9-18)5-4-15(2)19-12-10-17(14-20)11-13-19/h4-9,17,20H,2-3,10-14H2,1H3/b5-4+. The normalized spacial score (nSPS) is 16.4. The zero-order valence-electron chi connectivity index (χ0n) is 12.8. The van der Waals surface area contributed by atoms with Crippen molar-refractivity contribution in [2.24, 2.45) is 5.92 Å². The van der Waals surface area contributed by atoms with Crippen molar-refractivity contribution in [2.45, 2.75) is 19.8 Å². The molecule has 0 bridgehead atoms. The maximum Gasteiger partial charge on any atom is 0.119 e. The minimum Gasteiger partial charge on any atom is -0.494 e. The summed E-state index contributed by atoms with van der Waals surface area (Å²) in [6.07, 6.45) is 6.24. The third-order valence-electron chi connectivity index (χ3n) is 3.94. The van der Waals surface area contributed by atoms with Gasteiger partial charge in [-0.15, -0.1) is 0 Å². The summed E-state index contributed by atoms with van der Waals surface area (Å²) in [6, 6.07) is 8.07. The molecule has 1 aliphatic rings. The summed E-state index contributed by atoms with van der Waals surface area (Å²) in [4.78, 5) is 2.29. The van der Waals surface area contributed by atoms with Crippen LogP contribution in [-0.4, -0.2) is 36.3 Å². The van der Waals surface area contributed by atoms with E-state index in [-0.39, 0.29) is 0 Å². The number of ether oxygens (including phenoxy) is 1. The minimum absolute atomic E-state index is 0.308. The van der Waals surface area contributed by atoms with Gasteiger partial charge in [-0.2, -0.15) is 0 Å². The number of piperidine rings is 1. The van der Waals surface area contributed by atoms with Gasteiger partial charge in [0.2, 0.25) is 0 Å². The second kappa shape index (κ2) is 7.89. The molecule has 21 heavy (non-hydrogen) atoms. The van der Waals surface area contributed by atoms with Crippen molar-refractivity contribution in [1.29, 1.82) is 0 Å². The van der Waals surface area contributed by atoms with Crippen LogP contribution >= 0.6 is 0 Å². The Morgan fingerprint density at radius 1 is 1.33 bits per heavy atom. The highest BCUT2D eigenvalue weighted by molar-refractivity contribution is 5.53. The molecule has 2 rings (SSSR count). The van der Waals surface area contributed by atoms with E-state index in [2.05, 4.69) is 23.6 Å². The summed E-state index contributed by atoms with van der Waals surface area (Å²) in [5, 5.41) is 9.16. The van der Waals surface area contributed by atoms with E-state index in [1.165, 1.54) is 0 Å². The van der Waals surface area contributed by atoms with Crippen LogP contribution in [0.2, 0.25) is 0 Å². The number of hydrogen-bond donors (Lipinski definition) is 1. The molecular weight excluding hydrogens is 262 g/mol. The molecule has 0 aromatic heterocycles. The number of aliphatic hydroxyl groups is 1. The van der Waals surface area contributed by atoms with Crippen molar-refractivity contribution in [3.05, 3.63) is 48.2 Å². The van der Waals surface area contributed by atoms with Gasteiger partial charge in [0.15, 0.2) is 0 Å². The van der Waals surface area contributed by atoms with Crippen LogP contribution in [0.3, 0.4) is 0 Å². The molecule has 0 unspecified atom stereocenters. The van der Waals surface area contributed by atoms with Crippen molar-refractivity contribution in [2.75, 3.05) is 26.3 Å². The average Bonchev–Trinajstić information content (AvgIpc) is 2.54. The van der Waals surface area contributed by atoms with E-state index in [0.717, 1.165) is 42.9 Å². The lowest BCUT2D eigenvalue weighted by Crippen LogP contribution is -2.33. The van der Waals surface area contributed by atoms with Crippen molar-refractivity contribution in [1.82, 2.24) is 4.90 Å². The predicted octanol–water partition coefficient (Wildman–Crippen LogP) is 3.32. The topological polar surface area (TPSA) is 32.7 Å². The number of benzene rings is 1. The molecule has 0 atom stereocenters. The fourth-order valence-corrected chi connectivity index (χ4v) is 2.54. The first-order chi connectivity index (χ1) is 10.2. The molecular formula is C18H25NO2. The molecule has 114 valence electrons. The van der Waals surface area contributed by atoms with Gasteiger partial charge >= 0.3 is 0 Å². The molecule has 3 heteroatoms. The zero-order chi connectivity index (χ0) is 15.1. The molecule has 1 saturated heterocycles. The fourth-order valence-electron chi connectivity index (χ4n) is 2.54. The van der Waals surface area contributed by atoms with Crippen molar-refractivity contribution in [3.8, 4) is 5.75 Å². The first-order valence-corrected chi connectivity index (χ1v) is 7.68. The van der Waals surface area contributed by atoms with Crippen LogP contribution in [0.1, 0.15) is 25.3 Å². The van der Waals surface area contributed by atoms with E-state index < -0.39 is 0 Å². The van der Waals surface area contributed by atoms with Crippen molar-refractivity contribution in [3.63, 3.8) is 0 Å². The quantitative estimate of drug-likeness (QED) is 0.815. The first kappa shape index (κ1) is 15.6. The average molecular weight is 287 g/mol. The monoisotopic (exact) mass is 287 g/mol. The summed E-state index contributed by atoms with van der Waals surface area (Å²) < 4.78 is 5.43. The van der Waals surface area contributed by atoms with Gasteiger partial charge in [-0.05, 0) is 49.5 Å². The summed E-state index contributed by atoms with van der Waals surface area (Å²) in [5.74, 6) is 1.36. The second-order valence-corrected chi connectivity index (χ2v) is 5.44. The lowest BCUT2D eigenvalue weighted by molar-refractivity contribution is 0.154. The van der Waals surface area contributed by atoms with Gasteiger partial charge in [0.05, 0.1) is 6.61 Å². The highest BCUT2D eigenvalue weighted by Gasteiger charge is 2.18. The maximum atomic E-state index is 9.16. The summed E-state index contributed by atoms with van der Waals surface area (Å²) >= 11 is 0. The van der Waals surface area contributed by atoms with Gasteiger partial charge < -0.3 is 14.7 Å². The molecule has 0 radical (unpaired) electrons. The summed E-state index contributed by atoms with van der Waals surface area (Å²) in [7, 11) is 0. The molecule has 1 fully saturated rings. The maximum absolute atomic E-state index is 9.16. The molecule has 1 heterocycles. The lowest BCUT2D eigenvalue weighted by Gasteiger charge is -2.33. The molecule has 0 spiro atoms. The number of likely N-dealkylation sites (tertiary alicyclic amines) is 1. The number of allylic oxidation sites excluding steroid dienone is 1. The van der Waals surface area contributed by atoms with E-state index in [1.54, 1.807) is 0 Å². The molecule has 0 aliphatic carbocycles. The molecule has 1 aliphatic heterocycles. The SMILES string of the molecule is C=C(/C=C/c1ccc(OCC)cc1)N1CCC(CO)CC1. The third kappa shape index (κ3) is 4.64. The van der Waals surface area contributed by atoms with Crippen molar-refractivity contribution >= 4 is 6.08 Å². The van der Waals surface area contributed by atoms with Crippen LogP contribution in [0.5, 0.6) is 5.75 Å². The molecule has 3 nitrogen and oxygen atoms in total. The Morgan fingerprint density at radius 2 is 2.00 bits per heavy atom. The molecule has 1 aromatic rings. The molecule has 0 saturated carbocycles. The van der Waals surface area contributed by atoms with Gasteiger partial charge in [0, 0.05) is 25.4 Å². The third-order valence-corrected chi connectivity index (χ3v) is 3.94. The number of nitrogens with zero attached hydrogens (tertiary/aromatic N) is 1. The van der Waals surface area contributed by atoms with E-state index in [4.69, 9.17) is 9.84 Å². The van der Waals surface area contributed by atoms with Crippen LogP contribution in [0.25, 0.3) is 6.08 Å². The Kier molecular flexibility index (Phi) is 5.88. The molecule has 1 N–H and O–H groups in total. The van der Waals surface area contributed by atoms with Gasteiger partial charge in [0.25, 0.3) is 0 Å². The number of rotatable bonds is 6. The number of aliphatic hydroxyl groups excluding tert-OH is 1. The highest BCUT2D eigenvalue weighted by atomic mass is 16.5. The smallest absolute Gasteiger partial charge is 0.119 e. The Labute approximate surface area is 127 Å². The summed E-state index contributed by atoms with van der Waals surface area (Å²) in [5.41, 5.74) is 2.19.